The number of rotatable bonds is 30. The maximum atomic E-state index is 14.0. The molecule has 0 amide bonds. The summed E-state index contributed by atoms with van der Waals surface area (Å²) in [5.74, 6) is -1.65. The van der Waals surface area contributed by atoms with E-state index in [1.165, 1.54) is 11.1 Å². The molecule has 0 bridgehead atoms. The van der Waals surface area contributed by atoms with E-state index >= 15 is 0 Å². The average Bonchev–Trinajstić information content (AvgIpc) is 3.38. The molecule has 0 aliphatic heterocycles. The van der Waals surface area contributed by atoms with Gasteiger partial charge in [0.05, 0.1) is 48.7 Å². The van der Waals surface area contributed by atoms with Gasteiger partial charge in [-0.1, -0.05) is 205 Å². The predicted octanol–water partition coefficient (Wildman–Crippen LogP) is 16.5. The molecule has 0 saturated carbocycles. The van der Waals surface area contributed by atoms with Crippen LogP contribution in [0.25, 0.3) is 22.3 Å². The van der Waals surface area contributed by atoms with E-state index in [9.17, 15) is 19.2 Å². The second-order valence-electron chi connectivity index (χ2n) is 18.4. The molecule has 4 unspecified atom stereocenters. The maximum absolute atomic E-state index is 14.0. The van der Waals surface area contributed by atoms with E-state index in [0.29, 0.717) is 11.1 Å². The summed E-state index contributed by atoms with van der Waals surface area (Å²) in [5.41, 5.74) is 3.84. The summed E-state index contributed by atoms with van der Waals surface area (Å²) < 4.78 is 23.4. The Balaban J connectivity index is 0.000000898. The fourth-order valence-corrected chi connectivity index (χ4v) is 8.61. The van der Waals surface area contributed by atoms with Gasteiger partial charge < -0.3 is 18.9 Å². The van der Waals surface area contributed by atoms with E-state index in [2.05, 4.69) is 104 Å². The molecule has 9 heteroatoms. The first kappa shape index (κ1) is 58.4. The highest BCUT2D eigenvalue weighted by molar-refractivity contribution is 7.80. The SMILES string of the molecule is CCCCC(CC)COC(=O)c1ccc(-c2ccc(C(=O)OCC(CC)CCCC)c(C(=O)OCC(CC)CCCC)c2S)cc1C(=O)OCC(CC)CCCC.c1ccc(-c2ccccc2)cc1. The summed E-state index contributed by atoms with van der Waals surface area (Å²) in [6.07, 6.45) is 15.6. The number of carbonyl (C=O) groups is 4. The number of ether oxygens (including phenoxy) is 4. The van der Waals surface area contributed by atoms with Crippen molar-refractivity contribution < 1.29 is 38.1 Å². The summed E-state index contributed by atoms with van der Waals surface area (Å²) >= 11 is 4.87. The second-order valence-corrected chi connectivity index (χ2v) is 18.9. The standard InChI is InChI=1S/C48H74O8S.C12H10/c1-9-17-21-34(13-5)30-53-45(49)40-26-25-38(29-42(40)47(51)55-32-36(15-7)23-19-11-3)39-27-28-41(46(50)54-31-35(14-6)22-18-10-2)43(44(39)57)48(52)56-33-37(16-8)24-20-12-4;1-3-7-11(8-4-1)12-9-5-2-6-10-12/h25-29,34-37,57H,9-24,30-33H2,1-8H3;1-10H. The Morgan fingerprint density at radius 3 is 1.13 bits per heavy atom. The number of benzene rings is 4. The van der Waals surface area contributed by atoms with E-state index in [4.69, 9.17) is 31.6 Å². The molecule has 4 aromatic carbocycles. The lowest BCUT2D eigenvalue weighted by molar-refractivity contribution is 0.0378. The quantitative estimate of drug-likeness (QED) is 0.0313. The molecule has 0 fully saturated rings. The maximum Gasteiger partial charge on any atom is 0.340 e. The lowest BCUT2D eigenvalue weighted by atomic mass is 9.95. The normalized spacial score (nSPS) is 12.7. The molecule has 4 rings (SSSR count). The van der Waals surface area contributed by atoms with E-state index in [1.807, 2.05) is 12.1 Å². The highest BCUT2D eigenvalue weighted by atomic mass is 32.1. The van der Waals surface area contributed by atoms with Crippen molar-refractivity contribution in [2.45, 2.75) is 163 Å². The first-order valence-electron chi connectivity index (χ1n) is 26.3. The third-order valence-corrected chi connectivity index (χ3v) is 13.7. The Hall–Kier alpha value is -4.89. The molecule has 0 aliphatic carbocycles. The van der Waals surface area contributed by atoms with Crippen molar-refractivity contribution >= 4 is 36.5 Å². The minimum absolute atomic E-state index is 0.0137. The molecule has 0 saturated heterocycles. The summed E-state index contributed by atoms with van der Waals surface area (Å²) in [4.78, 5) is 55.4. The van der Waals surface area contributed by atoms with Gasteiger partial charge in [0, 0.05) is 4.90 Å². The Labute approximate surface area is 421 Å². The van der Waals surface area contributed by atoms with Gasteiger partial charge in [-0.25, -0.2) is 19.2 Å². The molecule has 8 nitrogen and oxygen atoms in total. The van der Waals surface area contributed by atoms with Crippen molar-refractivity contribution in [3.63, 3.8) is 0 Å². The van der Waals surface area contributed by atoms with Crippen molar-refractivity contribution in [1.82, 2.24) is 0 Å². The Morgan fingerprint density at radius 1 is 0.406 bits per heavy atom. The van der Waals surface area contributed by atoms with Gasteiger partial charge in [0.1, 0.15) is 0 Å². The lowest BCUT2D eigenvalue weighted by Crippen LogP contribution is -2.20. The third kappa shape index (κ3) is 19.8. The zero-order valence-electron chi connectivity index (χ0n) is 43.3. The summed E-state index contributed by atoms with van der Waals surface area (Å²) in [7, 11) is 0. The van der Waals surface area contributed by atoms with Crippen LogP contribution >= 0.6 is 12.6 Å². The Bertz CT molecular complexity index is 2060. The zero-order chi connectivity index (χ0) is 50.4. The van der Waals surface area contributed by atoms with Gasteiger partial charge in [-0.05, 0) is 89.8 Å². The molecule has 0 N–H and O–H groups in total. The molecule has 4 atom stereocenters. The summed E-state index contributed by atoms with van der Waals surface area (Å²) in [5, 5.41) is 0. The van der Waals surface area contributed by atoms with Crippen LogP contribution in [0.1, 0.15) is 200 Å². The Morgan fingerprint density at radius 2 is 0.754 bits per heavy atom. The number of carbonyl (C=O) groups excluding carboxylic acids is 4. The first-order valence-corrected chi connectivity index (χ1v) is 26.7. The average molecular weight is 965 g/mol. The van der Waals surface area contributed by atoms with Crippen LogP contribution in [-0.4, -0.2) is 50.3 Å². The van der Waals surface area contributed by atoms with Crippen molar-refractivity contribution in [1.29, 1.82) is 0 Å². The highest BCUT2D eigenvalue weighted by Crippen LogP contribution is 2.35. The fourth-order valence-electron chi connectivity index (χ4n) is 8.19. The van der Waals surface area contributed by atoms with E-state index in [1.54, 1.807) is 30.3 Å². The van der Waals surface area contributed by atoms with Crippen molar-refractivity contribution in [3.8, 4) is 22.3 Å². The third-order valence-electron chi connectivity index (χ3n) is 13.2. The molecule has 378 valence electrons. The Kier molecular flexibility index (Phi) is 28.5. The van der Waals surface area contributed by atoms with Crippen LogP contribution < -0.4 is 0 Å². The van der Waals surface area contributed by atoms with Gasteiger partial charge in [0.25, 0.3) is 0 Å². The van der Waals surface area contributed by atoms with Crippen LogP contribution in [0, 0.1) is 23.7 Å². The largest absolute Gasteiger partial charge is 0.462 e. The molecule has 0 aromatic heterocycles. The summed E-state index contributed by atoms with van der Waals surface area (Å²) in [6, 6.07) is 28.9. The molecule has 0 heterocycles. The molecule has 0 spiro atoms. The molecule has 4 aromatic rings. The predicted molar refractivity (Wildman–Crippen MR) is 285 cm³/mol. The van der Waals surface area contributed by atoms with Gasteiger partial charge >= 0.3 is 23.9 Å². The topological polar surface area (TPSA) is 105 Å². The van der Waals surface area contributed by atoms with Gasteiger partial charge in [-0.15, -0.1) is 12.6 Å². The van der Waals surface area contributed by atoms with Gasteiger partial charge in [0.2, 0.25) is 0 Å². The number of hydrogen-bond acceptors (Lipinski definition) is 9. The number of thiol groups is 1. The molecule has 69 heavy (non-hydrogen) atoms. The van der Waals surface area contributed by atoms with Crippen LogP contribution in [0.5, 0.6) is 0 Å². The van der Waals surface area contributed by atoms with Crippen molar-refractivity contribution in [2.75, 3.05) is 26.4 Å². The molecule has 0 aliphatic rings. The minimum Gasteiger partial charge on any atom is -0.462 e. The molecular weight excluding hydrogens is 881 g/mol. The van der Waals surface area contributed by atoms with E-state index in [0.717, 1.165) is 103 Å². The highest BCUT2D eigenvalue weighted by Gasteiger charge is 2.28. The van der Waals surface area contributed by atoms with E-state index < -0.39 is 23.9 Å². The number of esters is 4. The molecular formula is C60H84O8S. The van der Waals surface area contributed by atoms with Crippen LogP contribution in [-0.2, 0) is 18.9 Å². The van der Waals surface area contributed by atoms with Crippen LogP contribution in [0.15, 0.2) is 95.9 Å². The summed E-state index contributed by atoms with van der Waals surface area (Å²) in [6.45, 7) is 17.8. The van der Waals surface area contributed by atoms with Crippen LogP contribution in [0.4, 0.5) is 0 Å². The fraction of sp³-hybridized carbons (Fsp3) is 0.533. The van der Waals surface area contributed by atoms with Crippen LogP contribution in [0.2, 0.25) is 0 Å². The van der Waals surface area contributed by atoms with Gasteiger partial charge in [-0.2, -0.15) is 0 Å². The number of hydrogen-bond donors (Lipinski definition) is 1. The van der Waals surface area contributed by atoms with Gasteiger partial charge in [-0.3, -0.25) is 0 Å². The van der Waals surface area contributed by atoms with Crippen molar-refractivity contribution in [2.24, 2.45) is 23.7 Å². The smallest absolute Gasteiger partial charge is 0.340 e. The number of unbranched alkanes of at least 4 members (excludes halogenated alkanes) is 4. The monoisotopic (exact) mass is 965 g/mol. The lowest BCUT2D eigenvalue weighted by Gasteiger charge is -2.20. The van der Waals surface area contributed by atoms with Crippen molar-refractivity contribution in [3.05, 3.63) is 113 Å². The molecule has 0 radical (unpaired) electrons. The first-order chi connectivity index (χ1) is 33.5. The van der Waals surface area contributed by atoms with E-state index in [-0.39, 0.29) is 77.2 Å². The zero-order valence-corrected chi connectivity index (χ0v) is 44.2. The van der Waals surface area contributed by atoms with Gasteiger partial charge in [0.15, 0.2) is 0 Å². The minimum atomic E-state index is -0.659. The van der Waals surface area contributed by atoms with Crippen LogP contribution in [0.3, 0.4) is 0 Å². The second kappa shape index (κ2) is 33.6.